The molecule has 4 aromatic rings. The molecule has 184 valence electrons. The van der Waals surface area contributed by atoms with Crippen molar-refractivity contribution in [2.45, 2.75) is 18.7 Å². The van der Waals surface area contributed by atoms with Crippen molar-refractivity contribution >= 4 is 39.4 Å². The summed E-state index contributed by atoms with van der Waals surface area (Å²) in [5, 5.41) is 4.74. The minimum Gasteiger partial charge on any atom is -0.318 e. The average molecular weight is 521 g/mol. The fraction of sp³-hybridized carbons (Fsp3) is 0.111. The molecule has 1 N–H and O–H groups in total. The molecule has 1 amide bonds. The molecule has 0 saturated carbocycles. The van der Waals surface area contributed by atoms with Crippen molar-refractivity contribution in [3.63, 3.8) is 0 Å². The maximum absolute atomic E-state index is 13.3. The van der Waals surface area contributed by atoms with Crippen molar-refractivity contribution in [2.75, 3.05) is 10.8 Å². The van der Waals surface area contributed by atoms with E-state index < -0.39 is 22.5 Å². The van der Waals surface area contributed by atoms with Gasteiger partial charge < -0.3 is 4.57 Å². The van der Waals surface area contributed by atoms with E-state index in [-0.39, 0.29) is 4.90 Å². The minimum absolute atomic E-state index is 0.0970. The molecule has 0 aliphatic rings. The summed E-state index contributed by atoms with van der Waals surface area (Å²) in [5.41, 5.74) is 6.55. The number of rotatable bonds is 8. The third kappa shape index (κ3) is 5.50. The molecule has 1 aromatic heterocycles. The van der Waals surface area contributed by atoms with Gasteiger partial charge >= 0.3 is 0 Å². The van der Waals surface area contributed by atoms with Crippen molar-refractivity contribution < 1.29 is 13.2 Å². The van der Waals surface area contributed by atoms with Crippen LogP contribution in [0.4, 0.5) is 5.69 Å². The van der Waals surface area contributed by atoms with E-state index in [9.17, 15) is 13.2 Å². The molecule has 7 nitrogen and oxygen atoms in total. The van der Waals surface area contributed by atoms with Crippen LogP contribution in [0, 0.1) is 13.8 Å². The molecule has 1 heterocycles. The van der Waals surface area contributed by atoms with Crippen LogP contribution in [0.5, 0.6) is 0 Å². The summed E-state index contributed by atoms with van der Waals surface area (Å²) in [4.78, 5) is 12.9. The highest BCUT2D eigenvalue weighted by Crippen LogP contribution is 2.23. The van der Waals surface area contributed by atoms with Gasteiger partial charge in [0.25, 0.3) is 15.9 Å². The van der Waals surface area contributed by atoms with Gasteiger partial charge in [-0.25, -0.2) is 13.8 Å². The number of hydrogen-bond donors (Lipinski definition) is 1. The molecule has 0 unspecified atom stereocenters. The Kier molecular flexibility index (Phi) is 7.57. The van der Waals surface area contributed by atoms with Crippen LogP contribution in [0.25, 0.3) is 5.69 Å². The van der Waals surface area contributed by atoms with Crippen LogP contribution >= 0.6 is 11.6 Å². The molecule has 0 fully saturated rings. The number of anilines is 1. The number of aromatic nitrogens is 1. The summed E-state index contributed by atoms with van der Waals surface area (Å²) in [6.07, 6.45) is 1.55. The van der Waals surface area contributed by atoms with E-state index in [0.717, 1.165) is 26.9 Å². The van der Waals surface area contributed by atoms with Crippen molar-refractivity contribution in [1.82, 2.24) is 9.99 Å². The zero-order chi connectivity index (χ0) is 25.7. The third-order valence-electron chi connectivity index (χ3n) is 5.61. The molecular formula is C27H25ClN4O3S. The summed E-state index contributed by atoms with van der Waals surface area (Å²) in [6.45, 7) is 3.50. The quantitative estimate of drug-likeness (QED) is 0.259. The Bertz CT molecular complexity index is 1480. The van der Waals surface area contributed by atoms with Crippen molar-refractivity contribution in [3.8, 4) is 5.69 Å². The number of para-hydroxylation sites is 1. The molecular weight excluding hydrogens is 496 g/mol. The number of nitrogens with one attached hydrogen (secondary N) is 1. The maximum Gasteiger partial charge on any atom is 0.264 e. The lowest BCUT2D eigenvalue weighted by Crippen LogP contribution is -2.39. The average Bonchev–Trinajstić information content (AvgIpc) is 3.16. The van der Waals surface area contributed by atoms with Crippen LogP contribution in [-0.2, 0) is 14.8 Å². The Hall–Kier alpha value is -3.88. The number of aryl methyl sites for hydroxylation is 1. The Morgan fingerprint density at radius 3 is 2.22 bits per heavy atom. The second-order valence-electron chi connectivity index (χ2n) is 8.09. The summed E-state index contributed by atoms with van der Waals surface area (Å²) < 4.78 is 29.7. The molecule has 0 aliphatic carbocycles. The van der Waals surface area contributed by atoms with E-state index in [2.05, 4.69) is 15.1 Å². The first kappa shape index (κ1) is 25.2. The largest absolute Gasteiger partial charge is 0.318 e. The van der Waals surface area contributed by atoms with Gasteiger partial charge in [-0.15, -0.1) is 0 Å². The van der Waals surface area contributed by atoms with Crippen molar-refractivity contribution in [3.05, 3.63) is 113 Å². The molecule has 0 saturated heterocycles. The first-order chi connectivity index (χ1) is 17.3. The molecule has 0 spiro atoms. The lowest BCUT2D eigenvalue weighted by Gasteiger charge is -2.23. The molecule has 9 heteroatoms. The highest BCUT2D eigenvalue weighted by atomic mass is 35.5. The van der Waals surface area contributed by atoms with Crippen LogP contribution < -0.4 is 9.73 Å². The van der Waals surface area contributed by atoms with Gasteiger partial charge in [-0.05, 0) is 68.4 Å². The summed E-state index contributed by atoms with van der Waals surface area (Å²) in [7, 11) is -3.96. The van der Waals surface area contributed by atoms with E-state index in [1.54, 1.807) is 54.7 Å². The van der Waals surface area contributed by atoms with Crippen LogP contribution in [0.3, 0.4) is 0 Å². The number of hydrazone groups is 1. The fourth-order valence-electron chi connectivity index (χ4n) is 3.87. The lowest BCUT2D eigenvalue weighted by molar-refractivity contribution is -0.119. The molecule has 0 aliphatic heterocycles. The van der Waals surface area contributed by atoms with Gasteiger partial charge in [0, 0.05) is 27.7 Å². The highest BCUT2D eigenvalue weighted by Gasteiger charge is 2.26. The van der Waals surface area contributed by atoms with Crippen LogP contribution in [-0.4, -0.2) is 31.7 Å². The van der Waals surface area contributed by atoms with E-state index in [1.807, 2.05) is 44.2 Å². The Morgan fingerprint density at radius 1 is 0.972 bits per heavy atom. The van der Waals surface area contributed by atoms with Crippen LogP contribution in [0.2, 0.25) is 5.02 Å². The van der Waals surface area contributed by atoms with Crippen molar-refractivity contribution in [1.29, 1.82) is 0 Å². The smallest absolute Gasteiger partial charge is 0.264 e. The van der Waals surface area contributed by atoms with E-state index in [4.69, 9.17) is 11.6 Å². The van der Waals surface area contributed by atoms with Gasteiger partial charge in [0.2, 0.25) is 0 Å². The monoisotopic (exact) mass is 520 g/mol. The normalized spacial score (nSPS) is 11.5. The maximum atomic E-state index is 13.3. The second kappa shape index (κ2) is 10.8. The summed E-state index contributed by atoms with van der Waals surface area (Å²) in [5.74, 6) is -0.568. The first-order valence-electron chi connectivity index (χ1n) is 11.2. The Labute approximate surface area is 215 Å². The second-order valence-corrected chi connectivity index (χ2v) is 10.4. The van der Waals surface area contributed by atoms with E-state index in [0.29, 0.717) is 10.7 Å². The predicted molar refractivity (Wildman–Crippen MR) is 143 cm³/mol. The van der Waals surface area contributed by atoms with Gasteiger partial charge in [-0.2, -0.15) is 5.10 Å². The predicted octanol–water partition coefficient (Wildman–Crippen LogP) is 5.09. The number of nitrogens with zero attached hydrogens (tertiary/aromatic N) is 3. The molecule has 0 bridgehead atoms. The molecule has 3 aromatic carbocycles. The van der Waals surface area contributed by atoms with Gasteiger partial charge in [0.1, 0.15) is 6.54 Å². The van der Waals surface area contributed by atoms with Crippen LogP contribution in [0.1, 0.15) is 17.0 Å². The molecule has 0 radical (unpaired) electrons. The zero-order valence-electron chi connectivity index (χ0n) is 19.8. The summed E-state index contributed by atoms with van der Waals surface area (Å²) in [6, 6.07) is 26.0. The topological polar surface area (TPSA) is 83.8 Å². The van der Waals surface area contributed by atoms with Crippen molar-refractivity contribution in [2.24, 2.45) is 5.10 Å². The number of hydrogen-bond acceptors (Lipinski definition) is 4. The third-order valence-corrected chi connectivity index (χ3v) is 7.65. The van der Waals surface area contributed by atoms with Gasteiger partial charge in [0.15, 0.2) is 0 Å². The van der Waals surface area contributed by atoms with E-state index in [1.165, 1.54) is 12.1 Å². The SMILES string of the molecule is Cc1cc(/C=N/NC(=O)CN(c2ccccc2)S(=O)(=O)c2ccccc2)c(C)n1-c1ccc(Cl)cc1. The molecule has 4 rings (SSSR count). The number of benzene rings is 3. The Balaban J connectivity index is 1.52. The number of carbonyl (C=O) groups excluding carboxylic acids is 1. The summed E-state index contributed by atoms with van der Waals surface area (Å²) >= 11 is 6.01. The zero-order valence-corrected chi connectivity index (χ0v) is 21.4. The molecule has 0 atom stereocenters. The fourth-order valence-corrected chi connectivity index (χ4v) is 5.44. The standard InChI is InChI=1S/C27H25ClN4O3S/c1-20-17-22(21(2)32(20)25-15-13-23(28)14-16-25)18-29-30-27(33)19-31(24-9-5-3-6-10-24)36(34,35)26-11-7-4-8-12-26/h3-18H,19H2,1-2H3,(H,30,33)/b29-18+. The number of carbonyl (C=O) groups is 1. The number of amides is 1. The highest BCUT2D eigenvalue weighted by molar-refractivity contribution is 7.92. The lowest BCUT2D eigenvalue weighted by atomic mass is 10.2. The van der Waals surface area contributed by atoms with Gasteiger partial charge in [-0.1, -0.05) is 48.0 Å². The van der Waals surface area contributed by atoms with Crippen LogP contribution in [0.15, 0.2) is 101 Å². The van der Waals surface area contributed by atoms with Gasteiger partial charge in [0.05, 0.1) is 16.8 Å². The van der Waals surface area contributed by atoms with E-state index >= 15 is 0 Å². The van der Waals surface area contributed by atoms with Gasteiger partial charge in [-0.3, -0.25) is 9.10 Å². The minimum atomic E-state index is -3.96. The Morgan fingerprint density at radius 2 is 1.58 bits per heavy atom. The number of halogens is 1. The first-order valence-corrected chi connectivity index (χ1v) is 13.0. The number of sulfonamides is 1. The molecule has 36 heavy (non-hydrogen) atoms.